The van der Waals surface area contributed by atoms with Crippen molar-refractivity contribution in [1.29, 1.82) is 0 Å². The molecule has 0 aliphatic carbocycles. The molecule has 0 saturated carbocycles. The molecule has 1 aromatic rings. The lowest BCUT2D eigenvalue weighted by atomic mass is 10.1. The third kappa shape index (κ3) is 7.26. The minimum absolute atomic E-state index is 0.417. The van der Waals surface area contributed by atoms with Gasteiger partial charge in [0, 0.05) is 4.91 Å². The number of azide groups is 1. The number of likely N-dealkylation sites (tertiary alicyclic amines) is 1. The zero-order valence-electron chi connectivity index (χ0n) is 18.3. The van der Waals surface area contributed by atoms with Gasteiger partial charge in [0.15, 0.2) is 5.70 Å². The first kappa shape index (κ1) is 29.2. The fourth-order valence-corrected chi connectivity index (χ4v) is 4.93. The molecule has 1 saturated heterocycles. The van der Waals surface area contributed by atoms with Gasteiger partial charge in [-0.3, -0.25) is 13.9 Å². The zero-order chi connectivity index (χ0) is 27.3. The lowest BCUT2D eigenvalue weighted by Crippen LogP contribution is -2.62. The Hall–Kier alpha value is -2.99. The summed E-state index contributed by atoms with van der Waals surface area (Å²) < 4.78 is 97.6. The summed E-state index contributed by atoms with van der Waals surface area (Å²) in [7, 11) is -10.2. The third-order valence-corrected chi connectivity index (χ3v) is 6.99. The molecule has 0 bridgehead atoms. The van der Waals surface area contributed by atoms with E-state index in [1.807, 2.05) is 0 Å². The van der Waals surface area contributed by atoms with E-state index in [2.05, 4.69) is 18.4 Å². The molecule has 1 fully saturated rings. The number of carbonyl (C=O) groups is 2. The number of rotatable bonds is 11. The Kier molecular flexibility index (Phi) is 9.24. The lowest BCUT2D eigenvalue weighted by Gasteiger charge is -2.44. The molecule has 19 heteroatoms. The van der Waals surface area contributed by atoms with E-state index in [4.69, 9.17) is 10.3 Å². The number of amides is 1. The van der Waals surface area contributed by atoms with Crippen LogP contribution >= 0.6 is 11.8 Å². The second-order valence-corrected chi connectivity index (χ2v) is 11.0. The molecule has 1 amide bonds. The third-order valence-electron chi connectivity index (χ3n) is 4.19. The molecule has 2 rings (SSSR count). The fraction of sp³-hybridized carbons (Fsp3) is 0.412. The quantitative estimate of drug-likeness (QED) is 0.0363. The molecular formula is C17H17F3N4O9S3. The number of alkyl halides is 3. The molecule has 1 aliphatic rings. The van der Waals surface area contributed by atoms with Crippen molar-refractivity contribution in [2.24, 2.45) is 5.11 Å². The maximum absolute atomic E-state index is 12.9. The molecule has 0 spiro atoms. The summed E-state index contributed by atoms with van der Waals surface area (Å²) >= 11 is 0.521. The number of ether oxygens (including phenoxy) is 1. The van der Waals surface area contributed by atoms with Gasteiger partial charge in [-0.05, 0) is 18.0 Å². The van der Waals surface area contributed by atoms with E-state index in [0.717, 1.165) is 0 Å². The second-order valence-electron chi connectivity index (χ2n) is 6.80. The molecule has 0 radical (unpaired) electrons. The van der Waals surface area contributed by atoms with Crippen LogP contribution in [-0.2, 0) is 49.5 Å². The highest BCUT2D eigenvalue weighted by atomic mass is 32.2. The van der Waals surface area contributed by atoms with Gasteiger partial charge in [-0.15, -0.1) is 11.8 Å². The van der Waals surface area contributed by atoms with Gasteiger partial charge in [0.1, 0.15) is 29.7 Å². The summed E-state index contributed by atoms with van der Waals surface area (Å²) in [5.74, 6) is -4.40. The van der Waals surface area contributed by atoms with Gasteiger partial charge in [-0.2, -0.15) is 30.0 Å². The first-order chi connectivity index (χ1) is 16.6. The highest BCUT2D eigenvalue weighted by molar-refractivity contribution is 8.00. The Morgan fingerprint density at radius 2 is 1.83 bits per heavy atom. The van der Waals surface area contributed by atoms with Crippen molar-refractivity contribution in [3.63, 3.8) is 0 Å². The van der Waals surface area contributed by atoms with Crippen molar-refractivity contribution in [2.75, 3.05) is 12.2 Å². The molecule has 0 aromatic heterocycles. The van der Waals surface area contributed by atoms with Crippen molar-refractivity contribution >= 4 is 43.9 Å². The van der Waals surface area contributed by atoms with E-state index < -0.39 is 73.0 Å². The van der Waals surface area contributed by atoms with E-state index in [-0.39, 0.29) is 0 Å². The number of β-lactam (4-membered cyclic amide) rings is 1. The predicted octanol–water partition coefficient (Wildman–Crippen LogP) is 2.34. The average Bonchev–Trinajstić information content (AvgIpc) is 2.76. The summed E-state index contributed by atoms with van der Waals surface area (Å²) in [5.41, 5.74) is 2.25. The Morgan fingerprint density at radius 3 is 2.36 bits per heavy atom. The van der Waals surface area contributed by atoms with E-state index in [0.29, 0.717) is 35.4 Å². The van der Waals surface area contributed by atoms with Crippen LogP contribution in [0.15, 0.2) is 46.9 Å². The van der Waals surface area contributed by atoms with E-state index >= 15 is 0 Å². The summed E-state index contributed by atoms with van der Waals surface area (Å²) in [4.78, 5) is 28.4. The highest BCUT2D eigenvalue weighted by Crippen LogP contribution is 2.38. The van der Waals surface area contributed by atoms with Crippen LogP contribution in [0.1, 0.15) is 12.5 Å². The standard InChI is InChI=1S/C17H17F3N4O9S3/c1-10(33-36(29,30)17(18,19)20)13(16(26)31-8-11-6-4-3-5-7-11)24-14(25)12(22-23-21)15(24)34-9-32-35(2,27)28/h3-7,12,15H,8-9H2,1-2H3/b13-10+/t12-,15-/m1/s1. The maximum atomic E-state index is 12.9. The van der Waals surface area contributed by atoms with Crippen LogP contribution in [0, 0.1) is 0 Å². The lowest BCUT2D eigenvalue weighted by molar-refractivity contribution is -0.151. The monoisotopic (exact) mass is 574 g/mol. The number of esters is 1. The first-order valence-electron chi connectivity index (χ1n) is 9.35. The van der Waals surface area contributed by atoms with Crippen LogP contribution in [0.2, 0.25) is 0 Å². The smallest absolute Gasteiger partial charge is 0.456 e. The number of nitrogens with zero attached hydrogens (tertiary/aromatic N) is 4. The highest BCUT2D eigenvalue weighted by Gasteiger charge is 2.53. The summed E-state index contributed by atoms with van der Waals surface area (Å²) in [5, 5.41) is 1.83. The minimum Gasteiger partial charge on any atom is -0.456 e. The van der Waals surface area contributed by atoms with Crippen LogP contribution in [-0.4, -0.2) is 62.7 Å². The number of hydrogen-bond acceptors (Lipinski definition) is 11. The maximum Gasteiger partial charge on any atom is 0.534 e. The van der Waals surface area contributed by atoms with Crippen molar-refractivity contribution in [3.8, 4) is 0 Å². The number of thioether (sulfide) groups is 1. The Morgan fingerprint density at radius 1 is 1.22 bits per heavy atom. The van der Waals surface area contributed by atoms with Crippen LogP contribution in [0.3, 0.4) is 0 Å². The van der Waals surface area contributed by atoms with Gasteiger partial charge < -0.3 is 8.92 Å². The van der Waals surface area contributed by atoms with Gasteiger partial charge in [0.05, 0.1) is 6.26 Å². The largest absolute Gasteiger partial charge is 0.534 e. The Labute approximate surface area is 207 Å². The molecule has 198 valence electrons. The molecular weight excluding hydrogens is 557 g/mol. The molecule has 1 aromatic carbocycles. The summed E-state index contributed by atoms with van der Waals surface area (Å²) in [6, 6.07) is 6.41. The number of carbonyl (C=O) groups excluding carboxylic acids is 2. The average molecular weight is 575 g/mol. The number of hydrogen-bond donors (Lipinski definition) is 0. The van der Waals surface area contributed by atoms with Crippen LogP contribution in [0.5, 0.6) is 0 Å². The molecule has 36 heavy (non-hydrogen) atoms. The zero-order valence-corrected chi connectivity index (χ0v) is 20.7. The van der Waals surface area contributed by atoms with E-state index in [9.17, 15) is 39.6 Å². The number of halogens is 3. The molecule has 1 aliphatic heterocycles. The number of allylic oxidation sites excluding steroid dienone is 1. The summed E-state index contributed by atoms with van der Waals surface area (Å²) in [6.07, 6.45) is 0.717. The number of benzene rings is 1. The van der Waals surface area contributed by atoms with Crippen molar-refractivity contribution in [1.82, 2.24) is 4.90 Å². The topological polar surface area (TPSA) is 182 Å². The van der Waals surface area contributed by atoms with Crippen LogP contribution in [0.25, 0.3) is 10.4 Å². The molecule has 13 nitrogen and oxygen atoms in total. The van der Waals surface area contributed by atoms with Crippen LogP contribution in [0.4, 0.5) is 13.2 Å². The SMILES string of the molecule is C/C(OS(=O)(=O)C(F)(F)F)=C(/C(=O)OCc1ccccc1)N1C(=O)[C@@H](N=[N+]=[N-])[C@H]1SCOS(C)(=O)=O. The second kappa shape index (κ2) is 11.4. The molecule has 0 N–H and O–H groups in total. The van der Waals surface area contributed by atoms with Gasteiger partial charge >= 0.3 is 21.6 Å². The molecule has 2 atom stereocenters. The predicted molar refractivity (Wildman–Crippen MR) is 117 cm³/mol. The van der Waals surface area contributed by atoms with Gasteiger partial charge in [-0.25, -0.2) is 4.79 Å². The van der Waals surface area contributed by atoms with Crippen molar-refractivity contribution in [3.05, 3.63) is 57.8 Å². The fourth-order valence-electron chi connectivity index (χ4n) is 2.65. The Bertz CT molecular complexity index is 1300. The van der Waals surface area contributed by atoms with Crippen molar-refractivity contribution in [2.45, 2.75) is 30.5 Å². The van der Waals surface area contributed by atoms with Crippen LogP contribution < -0.4 is 0 Å². The summed E-state index contributed by atoms with van der Waals surface area (Å²) in [6.45, 7) is 0.255. The van der Waals surface area contributed by atoms with E-state index in [1.54, 1.807) is 30.3 Å². The van der Waals surface area contributed by atoms with Gasteiger partial charge in [0.25, 0.3) is 10.1 Å². The van der Waals surface area contributed by atoms with Gasteiger partial charge in [0.2, 0.25) is 5.91 Å². The normalized spacial score (nSPS) is 19.0. The molecule has 1 heterocycles. The van der Waals surface area contributed by atoms with Gasteiger partial charge in [-0.1, -0.05) is 35.4 Å². The van der Waals surface area contributed by atoms with Crippen molar-refractivity contribution < 1.29 is 52.7 Å². The first-order valence-corrected chi connectivity index (χ1v) is 13.6. The Balaban J connectivity index is 2.47. The molecule has 0 unspecified atom stereocenters. The van der Waals surface area contributed by atoms with E-state index in [1.165, 1.54) is 0 Å². The minimum atomic E-state index is -6.25.